The molecule has 0 aliphatic heterocycles. The molecule has 1 heterocycles. The van der Waals surface area contributed by atoms with E-state index in [-0.39, 0.29) is 5.56 Å². The quantitative estimate of drug-likeness (QED) is 0.722. The van der Waals surface area contributed by atoms with Crippen LogP contribution in [-0.4, -0.2) is 18.0 Å². The van der Waals surface area contributed by atoms with Crippen molar-refractivity contribution in [3.8, 4) is 5.75 Å². The number of nitrogens with two attached hydrogens (primary N) is 1. The topological polar surface area (TPSA) is 97.2 Å². The predicted octanol–water partition coefficient (Wildman–Crippen LogP) is 1.22. The van der Waals surface area contributed by atoms with E-state index in [4.69, 9.17) is 10.5 Å². The average Bonchev–Trinajstić information content (AvgIpc) is 2.39. The van der Waals surface area contributed by atoms with Crippen LogP contribution in [0.25, 0.3) is 0 Å². The van der Waals surface area contributed by atoms with Gasteiger partial charge in [-0.1, -0.05) is 0 Å². The number of rotatable bonds is 3. The standard InChI is InChI=1S/C13H13N3O3/c1-19-11-5-4-8(7-10(11)14)16-13(18)9-3-2-6-15-12(9)17/h2-7H,14H2,1H3,(H,15,17)(H,16,18). The van der Waals surface area contributed by atoms with Crippen molar-refractivity contribution in [2.75, 3.05) is 18.2 Å². The molecular formula is C13H13N3O3. The summed E-state index contributed by atoms with van der Waals surface area (Å²) in [6.45, 7) is 0. The van der Waals surface area contributed by atoms with Crippen LogP contribution in [0, 0.1) is 0 Å². The van der Waals surface area contributed by atoms with Gasteiger partial charge in [-0.05, 0) is 30.3 Å². The molecule has 0 radical (unpaired) electrons. The van der Waals surface area contributed by atoms with Crippen LogP contribution in [0.1, 0.15) is 10.4 Å². The zero-order chi connectivity index (χ0) is 13.8. The van der Waals surface area contributed by atoms with Crippen LogP contribution in [0.2, 0.25) is 0 Å². The number of nitrogens with one attached hydrogen (secondary N) is 2. The molecule has 98 valence electrons. The van der Waals surface area contributed by atoms with Crippen molar-refractivity contribution in [2.24, 2.45) is 0 Å². The number of H-pyrrole nitrogens is 1. The maximum atomic E-state index is 11.9. The van der Waals surface area contributed by atoms with Crippen molar-refractivity contribution >= 4 is 17.3 Å². The number of hydrogen-bond donors (Lipinski definition) is 3. The average molecular weight is 259 g/mol. The van der Waals surface area contributed by atoms with Gasteiger partial charge in [-0.3, -0.25) is 9.59 Å². The number of anilines is 2. The number of pyridine rings is 1. The van der Waals surface area contributed by atoms with Crippen molar-refractivity contribution < 1.29 is 9.53 Å². The molecule has 0 spiro atoms. The van der Waals surface area contributed by atoms with Crippen LogP contribution in [0.3, 0.4) is 0 Å². The number of nitrogen functional groups attached to an aromatic ring is 1. The summed E-state index contributed by atoms with van der Waals surface area (Å²) < 4.78 is 5.02. The van der Waals surface area contributed by atoms with Gasteiger partial charge in [0, 0.05) is 11.9 Å². The highest BCUT2D eigenvalue weighted by Crippen LogP contribution is 2.24. The van der Waals surface area contributed by atoms with Crippen molar-refractivity contribution in [3.63, 3.8) is 0 Å². The lowest BCUT2D eigenvalue weighted by atomic mass is 10.2. The van der Waals surface area contributed by atoms with E-state index in [1.54, 1.807) is 24.3 Å². The predicted molar refractivity (Wildman–Crippen MR) is 72.4 cm³/mol. The highest BCUT2D eigenvalue weighted by Gasteiger charge is 2.10. The lowest BCUT2D eigenvalue weighted by Crippen LogP contribution is -2.22. The molecule has 1 amide bonds. The van der Waals surface area contributed by atoms with Crippen molar-refractivity contribution in [1.82, 2.24) is 4.98 Å². The molecule has 0 aliphatic rings. The van der Waals surface area contributed by atoms with Crippen LogP contribution in [0.5, 0.6) is 5.75 Å². The maximum Gasteiger partial charge on any atom is 0.261 e. The molecule has 6 heteroatoms. The SMILES string of the molecule is COc1ccc(NC(=O)c2ccc[nH]c2=O)cc1N. The first-order valence-corrected chi connectivity index (χ1v) is 5.54. The Kier molecular flexibility index (Phi) is 3.51. The first-order chi connectivity index (χ1) is 9.11. The van der Waals surface area contributed by atoms with E-state index in [1.165, 1.54) is 19.4 Å². The molecule has 0 unspecified atom stereocenters. The van der Waals surface area contributed by atoms with Gasteiger partial charge in [0.25, 0.3) is 11.5 Å². The molecule has 0 aliphatic carbocycles. The van der Waals surface area contributed by atoms with E-state index in [9.17, 15) is 9.59 Å². The summed E-state index contributed by atoms with van der Waals surface area (Å²) in [7, 11) is 1.51. The van der Waals surface area contributed by atoms with E-state index in [0.717, 1.165) is 0 Å². The zero-order valence-corrected chi connectivity index (χ0v) is 10.3. The minimum atomic E-state index is -0.494. The lowest BCUT2D eigenvalue weighted by Gasteiger charge is -2.08. The molecule has 6 nitrogen and oxygen atoms in total. The van der Waals surface area contributed by atoms with Gasteiger partial charge in [0.15, 0.2) is 0 Å². The Morgan fingerprint density at radius 1 is 1.37 bits per heavy atom. The minimum Gasteiger partial charge on any atom is -0.495 e. The molecule has 0 saturated heterocycles. The third-order valence-electron chi connectivity index (χ3n) is 2.55. The molecule has 1 aromatic carbocycles. The summed E-state index contributed by atoms with van der Waals surface area (Å²) in [5.41, 5.74) is 6.22. The summed E-state index contributed by atoms with van der Waals surface area (Å²) >= 11 is 0. The zero-order valence-electron chi connectivity index (χ0n) is 10.3. The number of aromatic nitrogens is 1. The van der Waals surface area contributed by atoms with Crippen LogP contribution in [0.4, 0.5) is 11.4 Å². The number of carbonyl (C=O) groups excluding carboxylic acids is 1. The highest BCUT2D eigenvalue weighted by atomic mass is 16.5. The summed E-state index contributed by atoms with van der Waals surface area (Å²) in [6, 6.07) is 7.87. The fraction of sp³-hybridized carbons (Fsp3) is 0.0769. The fourth-order valence-corrected chi connectivity index (χ4v) is 1.61. The van der Waals surface area contributed by atoms with E-state index in [0.29, 0.717) is 17.1 Å². The molecule has 19 heavy (non-hydrogen) atoms. The Labute approximate surface area is 109 Å². The van der Waals surface area contributed by atoms with Crippen molar-refractivity contribution in [1.29, 1.82) is 0 Å². The Hall–Kier alpha value is -2.76. The van der Waals surface area contributed by atoms with Gasteiger partial charge in [-0.2, -0.15) is 0 Å². The number of carbonyl (C=O) groups is 1. The highest BCUT2D eigenvalue weighted by molar-refractivity contribution is 6.04. The Morgan fingerprint density at radius 2 is 2.16 bits per heavy atom. The number of amides is 1. The van der Waals surface area contributed by atoms with Gasteiger partial charge in [-0.15, -0.1) is 0 Å². The third-order valence-corrected chi connectivity index (χ3v) is 2.55. The molecular weight excluding hydrogens is 246 g/mol. The van der Waals surface area contributed by atoms with Gasteiger partial charge < -0.3 is 20.8 Å². The lowest BCUT2D eigenvalue weighted by molar-refractivity contribution is 0.102. The summed E-state index contributed by atoms with van der Waals surface area (Å²) in [5.74, 6) is 0.0296. The van der Waals surface area contributed by atoms with E-state index < -0.39 is 11.5 Å². The van der Waals surface area contributed by atoms with Crippen molar-refractivity contribution in [2.45, 2.75) is 0 Å². The number of hydrogen-bond acceptors (Lipinski definition) is 4. The normalized spacial score (nSPS) is 9.95. The first kappa shape index (κ1) is 12.7. The van der Waals surface area contributed by atoms with Gasteiger partial charge in [-0.25, -0.2) is 0 Å². The van der Waals surface area contributed by atoms with Crippen LogP contribution >= 0.6 is 0 Å². The second kappa shape index (κ2) is 5.26. The van der Waals surface area contributed by atoms with Gasteiger partial charge in [0.1, 0.15) is 11.3 Å². The molecule has 2 aromatic rings. The van der Waals surface area contributed by atoms with Crippen LogP contribution in [0.15, 0.2) is 41.3 Å². The monoisotopic (exact) mass is 259 g/mol. The summed E-state index contributed by atoms with van der Waals surface area (Å²) in [5, 5.41) is 2.60. The summed E-state index contributed by atoms with van der Waals surface area (Å²) in [6.07, 6.45) is 1.46. The molecule has 1 aromatic heterocycles. The fourth-order valence-electron chi connectivity index (χ4n) is 1.61. The number of methoxy groups -OCH3 is 1. The molecule has 0 atom stereocenters. The maximum absolute atomic E-state index is 11.9. The first-order valence-electron chi connectivity index (χ1n) is 5.54. The minimum absolute atomic E-state index is 0.0388. The third kappa shape index (κ3) is 2.74. The Morgan fingerprint density at radius 3 is 2.79 bits per heavy atom. The molecule has 0 fully saturated rings. The van der Waals surface area contributed by atoms with Crippen molar-refractivity contribution in [3.05, 3.63) is 52.4 Å². The van der Waals surface area contributed by atoms with E-state index in [1.807, 2.05) is 0 Å². The second-order valence-corrected chi connectivity index (χ2v) is 3.82. The molecule has 2 rings (SSSR count). The van der Waals surface area contributed by atoms with Gasteiger partial charge in [0.05, 0.1) is 12.8 Å². The number of aromatic amines is 1. The Balaban J connectivity index is 2.22. The Bertz CT molecular complexity index is 664. The van der Waals surface area contributed by atoms with E-state index >= 15 is 0 Å². The van der Waals surface area contributed by atoms with Gasteiger partial charge in [0.2, 0.25) is 0 Å². The number of ether oxygens (including phenoxy) is 1. The molecule has 0 saturated carbocycles. The number of benzene rings is 1. The smallest absolute Gasteiger partial charge is 0.261 e. The second-order valence-electron chi connectivity index (χ2n) is 3.82. The van der Waals surface area contributed by atoms with Crippen LogP contribution < -0.4 is 21.3 Å². The molecule has 4 N–H and O–H groups in total. The largest absolute Gasteiger partial charge is 0.495 e. The summed E-state index contributed by atoms with van der Waals surface area (Å²) in [4.78, 5) is 25.8. The van der Waals surface area contributed by atoms with E-state index in [2.05, 4.69) is 10.3 Å². The van der Waals surface area contributed by atoms with Crippen LogP contribution in [-0.2, 0) is 0 Å². The molecule has 0 bridgehead atoms. The van der Waals surface area contributed by atoms with Gasteiger partial charge >= 0.3 is 0 Å².